The van der Waals surface area contributed by atoms with Gasteiger partial charge in [0.05, 0.1) is 11.2 Å². The number of aromatic nitrogens is 1. The standard InChI is InChI=1S/C42H43NS2.C4H10/c1-9-15-36(44-8)29-20-21-30(24-29)37-22-23-38(45-37)39-34-18-13-14-19-35(34)43(40(39)28-16-11-10-12-17-28)33-26-31(41(2,3)4)25-32(27-33)42(5,6)7;1-4(2)3/h9-23,25-27H,1,24H2,2-8H3;4H,1-3H3/b36-15-;. The Balaban J connectivity index is 0.00000111. The molecule has 0 bridgehead atoms. The molecule has 49 heavy (non-hydrogen) atoms. The maximum Gasteiger partial charge on any atom is 0.0627 e. The summed E-state index contributed by atoms with van der Waals surface area (Å²) in [5.74, 6) is 0.833. The minimum atomic E-state index is 0.0241. The van der Waals surface area contributed by atoms with Crippen LogP contribution in [0.5, 0.6) is 0 Å². The Labute approximate surface area is 304 Å². The first-order valence-corrected chi connectivity index (χ1v) is 19.5. The number of nitrogens with zero attached hydrogens (tertiary/aromatic N) is 1. The summed E-state index contributed by atoms with van der Waals surface area (Å²) in [6.07, 6.45) is 11.7. The zero-order chi connectivity index (χ0) is 35.5. The van der Waals surface area contributed by atoms with Crippen LogP contribution in [-0.2, 0) is 10.8 Å². The second kappa shape index (κ2) is 15.0. The molecule has 1 aliphatic rings. The van der Waals surface area contributed by atoms with Crippen molar-refractivity contribution < 1.29 is 0 Å². The number of thioether (sulfide) groups is 1. The monoisotopic (exact) mass is 683 g/mol. The van der Waals surface area contributed by atoms with Crippen molar-refractivity contribution in [1.29, 1.82) is 0 Å². The highest BCUT2D eigenvalue weighted by molar-refractivity contribution is 8.02. The summed E-state index contributed by atoms with van der Waals surface area (Å²) in [5, 5.41) is 1.28. The third-order valence-electron chi connectivity index (χ3n) is 8.67. The zero-order valence-corrected chi connectivity index (χ0v) is 32.8. The van der Waals surface area contributed by atoms with Gasteiger partial charge in [0, 0.05) is 31.3 Å². The van der Waals surface area contributed by atoms with Gasteiger partial charge in [-0.15, -0.1) is 23.1 Å². The van der Waals surface area contributed by atoms with Crippen LogP contribution in [0.25, 0.3) is 43.9 Å². The third-order valence-corrected chi connectivity index (χ3v) is 10.7. The number of fused-ring (bicyclic) bond motifs is 1. The summed E-state index contributed by atoms with van der Waals surface area (Å²) < 4.78 is 2.52. The molecule has 1 nitrogen and oxygen atoms in total. The minimum Gasteiger partial charge on any atom is -0.309 e. The summed E-state index contributed by atoms with van der Waals surface area (Å²) in [6.45, 7) is 24.3. The van der Waals surface area contributed by atoms with Crippen molar-refractivity contribution in [3.05, 3.63) is 142 Å². The molecule has 254 valence electrons. The molecule has 0 N–H and O–H groups in total. The summed E-state index contributed by atoms with van der Waals surface area (Å²) in [4.78, 5) is 3.91. The highest BCUT2D eigenvalue weighted by Gasteiger charge is 2.26. The lowest BCUT2D eigenvalue weighted by Crippen LogP contribution is -2.17. The Morgan fingerprint density at radius 1 is 0.796 bits per heavy atom. The van der Waals surface area contributed by atoms with E-state index in [0.29, 0.717) is 0 Å². The van der Waals surface area contributed by atoms with Gasteiger partial charge < -0.3 is 4.57 Å². The zero-order valence-electron chi connectivity index (χ0n) is 31.1. The topological polar surface area (TPSA) is 4.93 Å². The van der Waals surface area contributed by atoms with Gasteiger partial charge in [0.15, 0.2) is 0 Å². The van der Waals surface area contributed by atoms with Gasteiger partial charge in [-0.2, -0.15) is 0 Å². The fraction of sp³-hybridized carbons (Fsp3) is 0.304. The van der Waals surface area contributed by atoms with Crippen LogP contribution < -0.4 is 0 Å². The molecular formula is C46H53NS2. The quantitative estimate of drug-likeness (QED) is 0.155. The van der Waals surface area contributed by atoms with Gasteiger partial charge in [0.2, 0.25) is 0 Å². The van der Waals surface area contributed by atoms with Crippen LogP contribution in [0.1, 0.15) is 84.7 Å². The van der Waals surface area contributed by atoms with Crippen LogP contribution in [-0.4, -0.2) is 10.8 Å². The van der Waals surface area contributed by atoms with Crippen LogP contribution >= 0.6 is 23.1 Å². The predicted octanol–water partition coefficient (Wildman–Crippen LogP) is 14.4. The molecule has 2 aromatic heterocycles. The highest BCUT2D eigenvalue weighted by Crippen LogP contribution is 2.47. The van der Waals surface area contributed by atoms with E-state index < -0.39 is 0 Å². The molecule has 0 fully saturated rings. The fourth-order valence-electron chi connectivity index (χ4n) is 6.15. The second-order valence-electron chi connectivity index (χ2n) is 15.6. The lowest BCUT2D eigenvalue weighted by molar-refractivity contribution is 0.568. The number of thiophene rings is 1. The fourth-order valence-corrected chi connectivity index (χ4v) is 7.88. The Kier molecular flexibility index (Phi) is 11.2. The summed E-state index contributed by atoms with van der Waals surface area (Å²) in [5.41, 5.74) is 11.7. The van der Waals surface area contributed by atoms with Crippen molar-refractivity contribution in [2.75, 3.05) is 6.26 Å². The van der Waals surface area contributed by atoms with Crippen molar-refractivity contribution in [2.24, 2.45) is 5.92 Å². The van der Waals surface area contributed by atoms with E-state index in [0.717, 1.165) is 12.3 Å². The summed E-state index contributed by atoms with van der Waals surface area (Å²) in [7, 11) is 0. The number of rotatable bonds is 7. The molecule has 0 unspecified atom stereocenters. The van der Waals surface area contributed by atoms with E-state index in [1.165, 1.54) is 70.3 Å². The van der Waals surface area contributed by atoms with E-state index in [2.05, 4.69) is 183 Å². The maximum absolute atomic E-state index is 3.92. The van der Waals surface area contributed by atoms with Gasteiger partial charge in [0.25, 0.3) is 0 Å². The van der Waals surface area contributed by atoms with E-state index in [9.17, 15) is 0 Å². The average molecular weight is 684 g/mol. The number of benzene rings is 3. The summed E-state index contributed by atoms with van der Waals surface area (Å²) >= 11 is 3.69. The van der Waals surface area contributed by atoms with Gasteiger partial charge in [-0.25, -0.2) is 0 Å². The van der Waals surface area contributed by atoms with Crippen LogP contribution in [0, 0.1) is 5.92 Å². The van der Waals surface area contributed by atoms with Gasteiger partial charge in [-0.1, -0.05) is 142 Å². The Morgan fingerprint density at radius 3 is 1.98 bits per heavy atom. The number of allylic oxidation sites excluding steroid dienone is 6. The van der Waals surface area contributed by atoms with E-state index in [1.54, 1.807) is 11.8 Å². The number of hydrogen-bond donors (Lipinski definition) is 0. The van der Waals surface area contributed by atoms with Gasteiger partial charge in [-0.3, -0.25) is 0 Å². The van der Waals surface area contributed by atoms with Crippen LogP contribution in [0.4, 0.5) is 0 Å². The van der Waals surface area contributed by atoms with E-state index in [4.69, 9.17) is 0 Å². The first-order valence-electron chi connectivity index (χ1n) is 17.5. The molecule has 1 aliphatic carbocycles. The molecule has 0 saturated carbocycles. The van der Waals surface area contributed by atoms with Crippen molar-refractivity contribution in [3.63, 3.8) is 0 Å². The SMILES string of the molecule is C=C/C=C(\SC)C1=CC=C(c2ccc(-c3c(-c4ccccc4)n(-c4cc(C(C)(C)C)cc(C(C)(C)C)c4)c4ccccc34)s2)C1.CC(C)C. The molecule has 0 saturated heterocycles. The molecule has 6 rings (SSSR count). The van der Waals surface area contributed by atoms with Gasteiger partial charge in [0.1, 0.15) is 0 Å². The number of para-hydroxylation sites is 1. The smallest absolute Gasteiger partial charge is 0.0627 e. The molecule has 3 aromatic carbocycles. The molecule has 0 amide bonds. The molecule has 2 heterocycles. The average Bonchev–Trinajstić information content (AvgIpc) is 3.80. The van der Waals surface area contributed by atoms with Crippen LogP contribution in [0.2, 0.25) is 0 Å². The first-order chi connectivity index (χ1) is 23.2. The lowest BCUT2D eigenvalue weighted by Gasteiger charge is -2.27. The lowest BCUT2D eigenvalue weighted by atomic mass is 9.80. The predicted molar refractivity (Wildman–Crippen MR) is 222 cm³/mol. The molecule has 5 aromatic rings. The normalized spacial score (nSPS) is 13.7. The number of hydrogen-bond acceptors (Lipinski definition) is 2. The molecule has 0 aliphatic heterocycles. The molecule has 0 atom stereocenters. The molecule has 0 spiro atoms. The van der Waals surface area contributed by atoms with E-state index >= 15 is 0 Å². The van der Waals surface area contributed by atoms with Crippen molar-refractivity contribution >= 4 is 39.6 Å². The Hall–Kier alpha value is -3.79. The van der Waals surface area contributed by atoms with Crippen LogP contribution in [0.15, 0.2) is 126 Å². The van der Waals surface area contributed by atoms with Gasteiger partial charge in [-0.05, 0) is 93.7 Å². The van der Waals surface area contributed by atoms with Crippen molar-refractivity contribution in [1.82, 2.24) is 4.57 Å². The maximum atomic E-state index is 3.92. The molecular weight excluding hydrogens is 631 g/mol. The molecule has 3 heteroatoms. The Bertz CT molecular complexity index is 1990. The van der Waals surface area contributed by atoms with Gasteiger partial charge >= 0.3 is 0 Å². The minimum absolute atomic E-state index is 0.0241. The second-order valence-corrected chi connectivity index (χ2v) is 17.6. The van der Waals surface area contributed by atoms with E-state index in [-0.39, 0.29) is 10.8 Å². The first kappa shape index (κ1) is 36.5. The van der Waals surface area contributed by atoms with Crippen LogP contribution in [0.3, 0.4) is 0 Å². The van der Waals surface area contributed by atoms with E-state index in [1.807, 2.05) is 17.4 Å². The van der Waals surface area contributed by atoms with Crippen molar-refractivity contribution in [2.45, 2.75) is 79.6 Å². The molecule has 0 radical (unpaired) electrons. The summed E-state index contributed by atoms with van der Waals surface area (Å²) in [6, 6.07) is 31.7. The Morgan fingerprint density at radius 2 is 1.39 bits per heavy atom. The van der Waals surface area contributed by atoms with Crippen molar-refractivity contribution in [3.8, 4) is 27.4 Å². The third kappa shape index (κ3) is 8.17. The largest absolute Gasteiger partial charge is 0.309 e. The highest BCUT2D eigenvalue weighted by atomic mass is 32.2.